The van der Waals surface area contributed by atoms with Crippen LogP contribution in [0.3, 0.4) is 0 Å². The van der Waals surface area contributed by atoms with Crippen molar-refractivity contribution in [2.45, 2.75) is 6.04 Å². The van der Waals surface area contributed by atoms with Crippen LogP contribution in [-0.2, 0) is 4.74 Å². The Labute approximate surface area is 148 Å². The van der Waals surface area contributed by atoms with E-state index in [-0.39, 0.29) is 6.04 Å². The Morgan fingerprint density at radius 2 is 2.00 bits per heavy atom. The minimum absolute atomic E-state index is 0.172. The zero-order chi connectivity index (χ0) is 17.5. The first-order valence-electron chi connectivity index (χ1n) is 8.64. The molecule has 25 heavy (non-hydrogen) atoms. The highest BCUT2D eigenvalue weighted by molar-refractivity contribution is 5.66. The Morgan fingerprint density at radius 1 is 1.24 bits per heavy atom. The highest BCUT2D eigenvalue weighted by atomic mass is 16.5. The molecule has 1 aromatic heterocycles. The summed E-state index contributed by atoms with van der Waals surface area (Å²) in [6.07, 6.45) is 3.27. The normalized spacial score (nSPS) is 16.3. The summed E-state index contributed by atoms with van der Waals surface area (Å²) in [6.45, 7) is 4.55. The van der Waals surface area contributed by atoms with E-state index in [0.717, 1.165) is 31.7 Å². The third kappa shape index (κ3) is 4.48. The fraction of sp³-hybridized carbons (Fsp3) is 0.368. The van der Waals surface area contributed by atoms with Crippen molar-refractivity contribution in [3.8, 4) is 0 Å². The summed E-state index contributed by atoms with van der Waals surface area (Å²) < 4.78 is 4.72. The fourth-order valence-corrected chi connectivity index (χ4v) is 3.38. The van der Waals surface area contributed by atoms with Crippen LogP contribution in [0.15, 0.2) is 54.9 Å². The van der Waals surface area contributed by atoms with E-state index in [1.165, 1.54) is 17.7 Å². The molecule has 1 fully saturated rings. The maximum absolute atomic E-state index is 11.5. The second kappa shape index (κ2) is 8.48. The first-order chi connectivity index (χ1) is 12.3. The SMILES string of the molecule is COC(=O)NCC(c1cccnc1)[NH+]1CCN(c2ccccc2)CC1. The van der Waals surface area contributed by atoms with Crippen LogP contribution in [0.2, 0.25) is 0 Å². The smallest absolute Gasteiger partial charge is 0.407 e. The second-order valence-electron chi connectivity index (χ2n) is 6.19. The quantitative estimate of drug-likeness (QED) is 0.848. The van der Waals surface area contributed by atoms with Crippen molar-refractivity contribution in [1.29, 1.82) is 0 Å². The molecule has 1 aromatic carbocycles. The van der Waals surface area contributed by atoms with E-state index in [1.54, 1.807) is 6.20 Å². The number of rotatable bonds is 5. The number of quaternary nitrogens is 1. The molecule has 1 unspecified atom stereocenters. The lowest BCUT2D eigenvalue weighted by Gasteiger charge is -2.37. The molecule has 132 valence electrons. The lowest BCUT2D eigenvalue weighted by molar-refractivity contribution is -0.931. The molecule has 2 aromatic rings. The molecule has 0 bridgehead atoms. The maximum atomic E-state index is 11.5. The number of amides is 1. The van der Waals surface area contributed by atoms with Crippen molar-refractivity contribution >= 4 is 11.8 Å². The molecule has 1 aliphatic rings. The number of carbonyl (C=O) groups excluding carboxylic acids is 1. The molecule has 1 saturated heterocycles. The van der Waals surface area contributed by atoms with E-state index in [1.807, 2.05) is 18.3 Å². The number of nitrogens with zero attached hydrogens (tertiary/aromatic N) is 2. The standard InChI is InChI=1S/C19H24N4O2/c1-25-19(24)21-15-18(16-6-5-9-20-14-16)23-12-10-22(11-13-23)17-7-3-2-4-8-17/h2-9,14,18H,10-13,15H2,1H3,(H,21,24)/p+1. The van der Waals surface area contributed by atoms with Gasteiger partial charge in [0.2, 0.25) is 0 Å². The van der Waals surface area contributed by atoms with Gasteiger partial charge < -0.3 is 19.9 Å². The number of alkyl carbamates (subject to hydrolysis) is 1. The van der Waals surface area contributed by atoms with Crippen molar-refractivity contribution in [2.24, 2.45) is 0 Å². The van der Waals surface area contributed by atoms with Gasteiger partial charge in [-0.25, -0.2) is 4.79 Å². The van der Waals surface area contributed by atoms with E-state index in [9.17, 15) is 4.79 Å². The molecule has 2 N–H and O–H groups in total. The summed E-state index contributed by atoms with van der Waals surface area (Å²) in [5.41, 5.74) is 2.41. The molecular formula is C19H25N4O2+. The Morgan fingerprint density at radius 3 is 2.64 bits per heavy atom. The average Bonchev–Trinajstić information content (AvgIpc) is 2.70. The van der Waals surface area contributed by atoms with Crippen molar-refractivity contribution in [3.05, 3.63) is 60.4 Å². The number of methoxy groups -OCH3 is 1. The molecule has 0 spiro atoms. The third-order valence-electron chi connectivity index (χ3n) is 4.74. The van der Waals surface area contributed by atoms with Gasteiger partial charge in [0.15, 0.2) is 0 Å². The van der Waals surface area contributed by atoms with E-state index in [2.05, 4.69) is 45.5 Å². The topological polar surface area (TPSA) is 58.9 Å². The van der Waals surface area contributed by atoms with E-state index in [0.29, 0.717) is 6.54 Å². The Kier molecular flexibility index (Phi) is 5.85. The number of nitrogens with one attached hydrogen (secondary N) is 2. The summed E-state index contributed by atoms with van der Waals surface area (Å²) in [6, 6.07) is 14.7. The Hall–Kier alpha value is -2.60. The molecule has 2 heterocycles. The maximum Gasteiger partial charge on any atom is 0.407 e. The number of ether oxygens (including phenoxy) is 1. The molecule has 1 amide bonds. The summed E-state index contributed by atoms with van der Waals surface area (Å²) >= 11 is 0. The zero-order valence-corrected chi connectivity index (χ0v) is 14.5. The number of pyridine rings is 1. The number of hydrogen-bond donors (Lipinski definition) is 2. The zero-order valence-electron chi connectivity index (χ0n) is 14.5. The van der Waals surface area contributed by atoms with E-state index < -0.39 is 6.09 Å². The van der Waals surface area contributed by atoms with Crippen LogP contribution in [0.5, 0.6) is 0 Å². The van der Waals surface area contributed by atoms with Gasteiger partial charge in [-0.2, -0.15) is 0 Å². The average molecular weight is 341 g/mol. The number of benzene rings is 1. The summed E-state index contributed by atoms with van der Waals surface area (Å²) in [7, 11) is 1.39. The highest BCUT2D eigenvalue weighted by Gasteiger charge is 2.29. The van der Waals surface area contributed by atoms with Gasteiger partial charge in [-0.3, -0.25) is 4.98 Å². The molecule has 6 nitrogen and oxygen atoms in total. The van der Waals surface area contributed by atoms with Gasteiger partial charge in [0.05, 0.1) is 39.8 Å². The lowest BCUT2D eigenvalue weighted by atomic mass is 10.1. The number of aromatic nitrogens is 1. The first kappa shape index (κ1) is 17.2. The van der Waals surface area contributed by atoms with Crippen molar-refractivity contribution < 1.29 is 14.4 Å². The number of para-hydroxylation sites is 1. The van der Waals surface area contributed by atoms with Crippen molar-refractivity contribution in [3.63, 3.8) is 0 Å². The fourth-order valence-electron chi connectivity index (χ4n) is 3.38. The molecular weight excluding hydrogens is 316 g/mol. The Bertz CT molecular complexity index is 658. The number of carbonyl (C=O) groups is 1. The monoisotopic (exact) mass is 341 g/mol. The van der Waals surface area contributed by atoms with Crippen molar-refractivity contribution in [2.75, 3.05) is 44.7 Å². The van der Waals surface area contributed by atoms with Gasteiger partial charge in [0.1, 0.15) is 6.04 Å². The van der Waals surface area contributed by atoms with Crippen LogP contribution in [0.4, 0.5) is 10.5 Å². The van der Waals surface area contributed by atoms with Crippen molar-refractivity contribution in [1.82, 2.24) is 10.3 Å². The molecule has 1 aliphatic heterocycles. The summed E-state index contributed by atoms with van der Waals surface area (Å²) in [5, 5.41) is 2.85. The van der Waals surface area contributed by atoms with Gasteiger partial charge in [-0.1, -0.05) is 18.2 Å². The largest absolute Gasteiger partial charge is 0.453 e. The van der Waals surface area contributed by atoms with Crippen LogP contribution in [-0.4, -0.2) is 50.9 Å². The Balaban J connectivity index is 1.66. The summed E-state index contributed by atoms with van der Waals surface area (Å²) in [5.74, 6) is 0. The minimum Gasteiger partial charge on any atom is -0.453 e. The van der Waals surface area contributed by atoms with Crippen LogP contribution >= 0.6 is 0 Å². The van der Waals surface area contributed by atoms with Gasteiger partial charge in [-0.05, 0) is 24.3 Å². The van der Waals surface area contributed by atoms with E-state index in [4.69, 9.17) is 4.74 Å². The summed E-state index contributed by atoms with van der Waals surface area (Å²) in [4.78, 5) is 19.6. The molecule has 0 aliphatic carbocycles. The van der Waals surface area contributed by atoms with Gasteiger partial charge >= 0.3 is 6.09 Å². The van der Waals surface area contributed by atoms with E-state index >= 15 is 0 Å². The van der Waals surface area contributed by atoms with Gasteiger partial charge in [-0.15, -0.1) is 0 Å². The molecule has 6 heteroatoms. The van der Waals surface area contributed by atoms with Gasteiger partial charge in [0.25, 0.3) is 0 Å². The number of piperazine rings is 1. The lowest BCUT2D eigenvalue weighted by Crippen LogP contribution is -3.15. The predicted molar refractivity (Wildman–Crippen MR) is 96.7 cm³/mol. The minimum atomic E-state index is -0.392. The molecule has 1 atom stereocenters. The van der Waals surface area contributed by atoms with Crippen LogP contribution in [0, 0.1) is 0 Å². The number of hydrogen-bond acceptors (Lipinski definition) is 4. The third-order valence-corrected chi connectivity index (χ3v) is 4.74. The van der Waals surface area contributed by atoms with Crippen LogP contribution in [0.25, 0.3) is 0 Å². The van der Waals surface area contributed by atoms with Crippen LogP contribution in [0.1, 0.15) is 11.6 Å². The molecule has 0 saturated carbocycles. The highest BCUT2D eigenvalue weighted by Crippen LogP contribution is 2.14. The molecule has 3 rings (SSSR count). The molecule has 0 radical (unpaired) electrons. The first-order valence-corrected chi connectivity index (χ1v) is 8.64. The second-order valence-corrected chi connectivity index (χ2v) is 6.19. The number of anilines is 1. The predicted octanol–water partition coefficient (Wildman–Crippen LogP) is 0.884. The van der Waals surface area contributed by atoms with Gasteiger partial charge in [0, 0.05) is 23.6 Å². The van der Waals surface area contributed by atoms with Crippen LogP contribution < -0.4 is 15.1 Å².